The van der Waals surface area contributed by atoms with Crippen LogP contribution in [0.2, 0.25) is 5.02 Å². The number of ether oxygens (including phenoxy) is 1. The molecule has 3 aliphatic heterocycles. The number of rotatable bonds is 2. The number of hydrogen-bond acceptors (Lipinski definition) is 7. The maximum absolute atomic E-state index is 14.2. The quantitative estimate of drug-likeness (QED) is 0.395. The summed E-state index contributed by atoms with van der Waals surface area (Å²) in [6.45, 7) is 4.02. The van der Waals surface area contributed by atoms with Gasteiger partial charge in [0.05, 0.1) is 33.9 Å². The van der Waals surface area contributed by atoms with Crippen molar-refractivity contribution in [3.05, 3.63) is 63.2 Å². The first-order valence-corrected chi connectivity index (χ1v) is 11.2. The number of carbonyl (C=O) groups is 3. The molecule has 34 heavy (non-hydrogen) atoms. The van der Waals surface area contributed by atoms with Gasteiger partial charge in [-0.15, -0.1) is 0 Å². The fraction of sp³-hybridized carbons (Fsp3) is 0.348. The number of para-hydroxylation sites is 1. The Morgan fingerprint density at radius 1 is 1.15 bits per heavy atom. The molecule has 2 aromatic rings. The smallest absolute Gasteiger partial charge is 0.335 e. The monoisotopic (exact) mass is 484 g/mol. The molecule has 176 valence electrons. The van der Waals surface area contributed by atoms with E-state index in [1.165, 1.54) is 18.2 Å². The van der Waals surface area contributed by atoms with Crippen LogP contribution in [0.5, 0.6) is 0 Å². The number of amides is 4. The molecule has 3 aliphatic rings. The first-order chi connectivity index (χ1) is 16.1. The SMILES string of the molecule is C[C@@H]1CN2c3ccc([N+](=O)[O-])cc3C[C@]3(C(=O)NC(=O)N(c4ccccc4Cl)C3=O)[C@H]2[C@H](C)O1. The molecule has 0 aliphatic carbocycles. The Hall–Kier alpha value is -3.50. The van der Waals surface area contributed by atoms with Crippen LogP contribution in [0.4, 0.5) is 21.9 Å². The minimum atomic E-state index is -1.77. The summed E-state index contributed by atoms with van der Waals surface area (Å²) in [5.74, 6) is -1.51. The number of anilines is 2. The van der Waals surface area contributed by atoms with Gasteiger partial charge < -0.3 is 9.64 Å². The lowest BCUT2D eigenvalue weighted by Gasteiger charge is -2.56. The van der Waals surface area contributed by atoms with Crippen LogP contribution in [0.1, 0.15) is 19.4 Å². The lowest BCUT2D eigenvalue weighted by atomic mass is 9.66. The highest BCUT2D eigenvalue weighted by Gasteiger charge is 2.65. The van der Waals surface area contributed by atoms with Crippen molar-refractivity contribution in [3.8, 4) is 0 Å². The van der Waals surface area contributed by atoms with Gasteiger partial charge in [0.2, 0.25) is 5.91 Å². The molecule has 0 unspecified atom stereocenters. The van der Waals surface area contributed by atoms with Crippen molar-refractivity contribution in [2.45, 2.75) is 38.5 Å². The minimum Gasteiger partial charge on any atom is -0.372 e. The summed E-state index contributed by atoms with van der Waals surface area (Å²) in [5.41, 5.74) is -0.597. The van der Waals surface area contributed by atoms with Gasteiger partial charge in [-0.2, -0.15) is 0 Å². The Kier molecular flexibility index (Phi) is 5.10. The molecular formula is C23H21ClN4O6. The van der Waals surface area contributed by atoms with E-state index in [9.17, 15) is 24.5 Å². The average Bonchev–Trinajstić information content (AvgIpc) is 2.78. The maximum atomic E-state index is 14.2. The van der Waals surface area contributed by atoms with Crippen LogP contribution < -0.4 is 15.1 Å². The van der Waals surface area contributed by atoms with Gasteiger partial charge in [-0.05, 0) is 37.6 Å². The molecule has 3 heterocycles. The molecule has 10 nitrogen and oxygen atoms in total. The van der Waals surface area contributed by atoms with Crippen LogP contribution in [-0.2, 0) is 20.7 Å². The average molecular weight is 485 g/mol. The van der Waals surface area contributed by atoms with Gasteiger partial charge in [0.25, 0.3) is 11.6 Å². The minimum absolute atomic E-state index is 0.133. The topological polar surface area (TPSA) is 122 Å². The van der Waals surface area contributed by atoms with E-state index < -0.39 is 40.3 Å². The zero-order valence-corrected chi connectivity index (χ0v) is 19.1. The number of halogens is 1. The highest BCUT2D eigenvalue weighted by atomic mass is 35.5. The molecule has 4 amide bonds. The number of fused-ring (bicyclic) bond motifs is 4. The van der Waals surface area contributed by atoms with Crippen LogP contribution in [0, 0.1) is 15.5 Å². The highest BCUT2D eigenvalue weighted by Crippen LogP contribution is 2.49. The molecule has 1 N–H and O–H groups in total. The number of nitrogens with zero attached hydrogens (tertiary/aromatic N) is 3. The second kappa shape index (κ2) is 7.78. The number of non-ortho nitro benzene ring substituents is 1. The molecule has 0 bridgehead atoms. The molecule has 5 rings (SSSR count). The van der Waals surface area contributed by atoms with E-state index in [1.807, 2.05) is 11.8 Å². The number of nitrogens with one attached hydrogen (secondary N) is 1. The zero-order valence-electron chi connectivity index (χ0n) is 18.4. The number of urea groups is 1. The van der Waals surface area contributed by atoms with Crippen LogP contribution in [0.25, 0.3) is 0 Å². The Balaban J connectivity index is 1.72. The lowest BCUT2D eigenvalue weighted by Crippen LogP contribution is -2.76. The van der Waals surface area contributed by atoms with Gasteiger partial charge in [-0.3, -0.25) is 25.0 Å². The second-order valence-electron chi connectivity index (χ2n) is 8.82. The molecule has 0 saturated carbocycles. The number of barbiturate groups is 1. The fourth-order valence-electron chi connectivity index (χ4n) is 5.48. The van der Waals surface area contributed by atoms with E-state index in [4.69, 9.17) is 16.3 Å². The van der Waals surface area contributed by atoms with E-state index in [1.54, 1.807) is 31.2 Å². The predicted molar refractivity (Wildman–Crippen MR) is 123 cm³/mol. The van der Waals surface area contributed by atoms with Crippen molar-refractivity contribution >= 4 is 46.5 Å². The van der Waals surface area contributed by atoms with Crippen molar-refractivity contribution in [3.63, 3.8) is 0 Å². The van der Waals surface area contributed by atoms with Gasteiger partial charge in [0.15, 0.2) is 5.41 Å². The van der Waals surface area contributed by atoms with Gasteiger partial charge in [-0.25, -0.2) is 9.69 Å². The molecule has 1 spiro atoms. The number of benzene rings is 2. The Morgan fingerprint density at radius 3 is 2.59 bits per heavy atom. The summed E-state index contributed by atoms with van der Waals surface area (Å²) in [6.07, 6.45) is -0.901. The lowest BCUT2D eigenvalue weighted by molar-refractivity contribution is -0.384. The molecule has 2 fully saturated rings. The van der Waals surface area contributed by atoms with E-state index >= 15 is 0 Å². The number of nitro groups is 1. The molecule has 4 atom stereocenters. The molecule has 0 radical (unpaired) electrons. The number of carbonyl (C=O) groups excluding carboxylic acids is 3. The van der Waals surface area contributed by atoms with E-state index in [2.05, 4.69) is 5.32 Å². The third kappa shape index (κ3) is 3.09. The Morgan fingerprint density at radius 2 is 1.88 bits per heavy atom. The third-order valence-electron chi connectivity index (χ3n) is 6.75. The summed E-state index contributed by atoms with van der Waals surface area (Å²) in [7, 11) is 0. The third-order valence-corrected chi connectivity index (χ3v) is 7.07. The zero-order chi connectivity index (χ0) is 24.4. The summed E-state index contributed by atoms with van der Waals surface area (Å²) in [5, 5.41) is 13.9. The number of nitro benzene ring substituents is 1. The van der Waals surface area contributed by atoms with E-state index in [0.717, 1.165) is 4.90 Å². The highest BCUT2D eigenvalue weighted by molar-refractivity contribution is 6.37. The molecular weight excluding hydrogens is 464 g/mol. The normalized spacial score (nSPS) is 28.4. The summed E-state index contributed by atoms with van der Waals surface area (Å²) < 4.78 is 6.04. The fourth-order valence-corrected chi connectivity index (χ4v) is 5.70. The van der Waals surface area contributed by atoms with Crippen LogP contribution >= 0.6 is 11.6 Å². The van der Waals surface area contributed by atoms with Crippen molar-refractivity contribution < 1.29 is 24.0 Å². The largest absolute Gasteiger partial charge is 0.372 e. The van der Waals surface area contributed by atoms with Crippen LogP contribution in [0.3, 0.4) is 0 Å². The van der Waals surface area contributed by atoms with Crippen molar-refractivity contribution in [2.75, 3.05) is 16.3 Å². The molecule has 11 heteroatoms. The van der Waals surface area contributed by atoms with Gasteiger partial charge >= 0.3 is 6.03 Å². The molecule has 2 aromatic carbocycles. The first-order valence-electron chi connectivity index (χ1n) is 10.8. The molecule has 2 saturated heterocycles. The van der Waals surface area contributed by atoms with E-state index in [0.29, 0.717) is 17.8 Å². The summed E-state index contributed by atoms with van der Waals surface area (Å²) in [4.78, 5) is 54.3. The maximum Gasteiger partial charge on any atom is 0.335 e. The number of imide groups is 2. The summed E-state index contributed by atoms with van der Waals surface area (Å²) in [6, 6.07) is 9.13. The molecule has 0 aromatic heterocycles. The van der Waals surface area contributed by atoms with Crippen molar-refractivity contribution in [1.29, 1.82) is 0 Å². The standard InChI is InChI=1S/C23H21ClN4O6/c1-12-11-26-17-8-7-15(28(32)33)9-14(17)10-23(19(26)13(2)34-12)20(29)25-22(31)27(21(23)30)18-6-4-3-5-16(18)24/h3-9,12-13,19H,10-11H2,1-2H3,(H,25,29,31)/t12-,13+,19-,23-/m1/s1. The van der Waals surface area contributed by atoms with Crippen LogP contribution in [0.15, 0.2) is 42.5 Å². The summed E-state index contributed by atoms with van der Waals surface area (Å²) >= 11 is 6.30. The van der Waals surface area contributed by atoms with Crippen molar-refractivity contribution in [1.82, 2.24) is 5.32 Å². The van der Waals surface area contributed by atoms with Gasteiger partial charge in [-0.1, -0.05) is 23.7 Å². The predicted octanol–water partition coefficient (Wildman–Crippen LogP) is 3.06. The first kappa shape index (κ1) is 22.3. The second-order valence-corrected chi connectivity index (χ2v) is 9.23. The number of hydrogen-bond donors (Lipinski definition) is 1. The Labute approximate surface area is 199 Å². The van der Waals surface area contributed by atoms with Crippen LogP contribution in [-0.4, -0.2) is 47.6 Å². The van der Waals surface area contributed by atoms with Gasteiger partial charge in [0, 0.05) is 30.8 Å². The van der Waals surface area contributed by atoms with Crippen molar-refractivity contribution in [2.24, 2.45) is 5.41 Å². The number of morpholine rings is 1. The van der Waals surface area contributed by atoms with Gasteiger partial charge in [0.1, 0.15) is 0 Å². The van der Waals surface area contributed by atoms with E-state index in [-0.39, 0.29) is 28.9 Å². The Bertz CT molecular complexity index is 1250.